The molecule has 0 saturated heterocycles. The lowest BCUT2D eigenvalue weighted by atomic mass is 9.98. The number of rotatable bonds is 2. The maximum atomic E-state index is 6.53. The molecule has 0 fully saturated rings. The Labute approximate surface area is 137 Å². The van der Waals surface area contributed by atoms with Crippen LogP contribution in [0.5, 0.6) is 5.75 Å². The fraction of sp³-hybridized carbons (Fsp3) is 0.350. The number of ether oxygens (including phenoxy) is 1. The van der Waals surface area contributed by atoms with Crippen LogP contribution in [0.3, 0.4) is 0 Å². The van der Waals surface area contributed by atoms with Gasteiger partial charge in [0.2, 0.25) is 0 Å². The van der Waals surface area contributed by atoms with E-state index in [-0.39, 0.29) is 5.72 Å². The van der Waals surface area contributed by atoms with Gasteiger partial charge >= 0.3 is 0 Å². The molecule has 2 aromatic carbocycles. The SMILES string of the molecule is CC(C)CC1(C)Oc2ccccc2-c2n(C)c3ccccc3[n+]21. The summed E-state index contributed by atoms with van der Waals surface area (Å²) in [4.78, 5) is 0. The van der Waals surface area contributed by atoms with Crippen LogP contribution in [0.2, 0.25) is 0 Å². The van der Waals surface area contributed by atoms with Gasteiger partial charge in [0.1, 0.15) is 11.3 Å². The summed E-state index contributed by atoms with van der Waals surface area (Å²) in [5.74, 6) is 2.74. The van der Waals surface area contributed by atoms with E-state index < -0.39 is 0 Å². The molecule has 118 valence electrons. The quantitative estimate of drug-likeness (QED) is 0.647. The minimum absolute atomic E-state index is 0.376. The molecule has 0 aliphatic carbocycles. The largest absolute Gasteiger partial charge is 0.449 e. The normalized spacial score (nSPS) is 19.5. The van der Waals surface area contributed by atoms with Crippen LogP contribution in [0.25, 0.3) is 22.4 Å². The van der Waals surface area contributed by atoms with Crippen LogP contribution >= 0.6 is 0 Å². The van der Waals surface area contributed by atoms with E-state index in [2.05, 4.69) is 79.4 Å². The molecule has 1 aliphatic rings. The second-order valence-electron chi connectivity index (χ2n) is 7.08. The molecule has 0 radical (unpaired) electrons. The minimum Gasteiger partial charge on any atom is -0.449 e. The summed E-state index contributed by atoms with van der Waals surface area (Å²) < 4.78 is 11.2. The average Bonchev–Trinajstić information content (AvgIpc) is 2.82. The van der Waals surface area contributed by atoms with E-state index in [0.29, 0.717) is 5.92 Å². The average molecular weight is 307 g/mol. The number of para-hydroxylation sites is 3. The molecule has 0 N–H and O–H groups in total. The molecule has 1 aliphatic heterocycles. The molecule has 1 atom stereocenters. The van der Waals surface area contributed by atoms with Crippen molar-refractivity contribution in [2.45, 2.75) is 32.9 Å². The fourth-order valence-electron chi connectivity index (χ4n) is 4.01. The van der Waals surface area contributed by atoms with E-state index >= 15 is 0 Å². The first-order valence-corrected chi connectivity index (χ1v) is 8.29. The molecule has 0 saturated carbocycles. The molecule has 3 nitrogen and oxygen atoms in total. The molecule has 3 aromatic rings. The van der Waals surface area contributed by atoms with Crippen molar-refractivity contribution in [2.24, 2.45) is 13.0 Å². The van der Waals surface area contributed by atoms with Gasteiger partial charge in [-0.05, 0) is 30.2 Å². The highest BCUT2D eigenvalue weighted by Crippen LogP contribution is 2.40. The Morgan fingerprint density at radius 1 is 1.09 bits per heavy atom. The lowest BCUT2D eigenvalue weighted by molar-refractivity contribution is -0.771. The maximum absolute atomic E-state index is 6.53. The van der Waals surface area contributed by atoms with Crippen molar-refractivity contribution in [2.75, 3.05) is 0 Å². The topological polar surface area (TPSA) is 18.0 Å². The number of fused-ring (bicyclic) bond motifs is 5. The highest BCUT2D eigenvalue weighted by Gasteiger charge is 2.45. The zero-order chi connectivity index (χ0) is 16.2. The zero-order valence-corrected chi connectivity index (χ0v) is 14.2. The van der Waals surface area contributed by atoms with Crippen LogP contribution in [0.1, 0.15) is 27.2 Å². The highest BCUT2D eigenvalue weighted by molar-refractivity contribution is 5.78. The van der Waals surface area contributed by atoms with Gasteiger partial charge in [-0.25, -0.2) is 4.57 Å². The first-order valence-electron chi connectivity index (χ1n) is 8.29. The Morgan fingerprint density at radius 3 is 2.57 bits per heavy atom. The smallest absolute Gasteiger partial charge is 0.296 e. The van der Waals surface area contributed by atoms with Crippen molar-refractivity contribution in [3.8, 4) is 17.1 Å². The van der Waals surface area contributed by atoms with E-state index in [4.69, 9.17) is 4.74 Å². The van der Waals surface area contributed by atoms with Gasteiger partial charge in [0.25, 0.3) is 11.5 Å². The van der Waals surface area contributed by atoms with Crippen molar-refractivity contribution >= 4 is 11.0 Å². The van der Waals surface area contributed by atoms with Crippen LogP contribution in [0, 0.1) is 5.92 Å². The number of nitrogens with zero attached hydrogens (tertiary/aromatic N) is 2. The first kappa shape index (κ1) is 14.3. The third-order valence-corrected chi connectivity index (χ3v) is 4.73. The van der Waals surface area contributed by atoms with Gasteiger partial charge in [-0.15, -0.1) is 0 Å². The monoisotopic (exact) mass is 307 g/mol. The lowest BCUT2D eigenvalue weighted by Crippen LogP contribution is -2.61. The summed E-state index contributed by atoms with van der Waals surface area (Å²) in [6, 6.07) is 16.9. The Kier molecular flexibility index (Phi) is 3.02. The van der Waals surface area contributed by atoms with Gasteiger partial charge in [0, 0.05) is 13.3 Å². The first-order chi connectivity index (χ1) is 11.0. The fourth-order valence-corrected chi connectivity index (χ4v) is 4.01. The second kappa shape index (κ2) is 4.85. The zero-order valence-electron chi connectivity index (χ0n) is 14.2. The summed E-state index contributed by atoms with van der Waals surface area (Å²) in [6.07, 6.45) is 0.965. The molecular formula is C20H23N2O+. The van der Waals surface area contributed by atoms with Crippen LogP contribution in [-0.2, 0) is 12.8 Å². The van der Waals surface area contributed by atoms with Gasteiger partial charge in [-0.1, -0.05) is 38.1 Å². The van der Waals surface area contributed by atoms with E-state index in [1.54, 1.807) is 0 Å². The maximum Gasteiger partial charge on any atom is 0.296 e. The molecule has 4 rings (SSSR count). The molecule has 0 amide bonds. The molecule has 23 heavy (non-hydrogen) atoms. The summed E-state index contributed by atoms with van der Waals surface area (Å²) in [7, 11) is 2.14. The Morgan fingerprint density at radius 2 is 1.78 bits per heavy atom. The van der Waals surface area contributed by atoms with E-state index in [1.165, 1.54) is 16.9 Å². The molecular weight excluding hydrogens is 284 g/mol. The molecule has 1 aromatic heterocycles. The van der Waals surface area contributed by atoms with Gasteiger partial charge in [0.05, 0.1) is 7.05 Å². The standard InChI is InChI=1S/C20H23N2O/c1-14(2)13-20(3)22-17-11-7-6-10-16(17)21(4)19(22)15-9-5-8-12-18(15)23-20/h5-12,14H,13H2,1-4H3/q+1. The number of aryl methyl sites for hydroxylation is 1. The third-order valence-electron chi connectivity index (χ3n) is 4.73. The summed E-state index contributed by atoms with van der Waals surface area (Å²) in [5, 5.41) is 0. The van der Waals surface area contributed by atoms with Crippen molar-refractivity contribution in [3.05, 3.63) is 48.5 Å². The Bertz CT molecular complexity index is 894. The van der Waals surface area contributed by atoms with Crippen LogP contribution in [0.4, 0.5) is 0 Å². The molecule has 3 heteroatoms. The van der Waals surface area contributed by atoms with Gasteiger partial charge in [0.15, 0.2) is 11.0 Å². The predicted molar refractivity (Wildman–Crippen MR) is 92.3 cm³/mol. The molecule has 2 heterocycles. The Balaban J connectivity index is 2.11. The number of hydrogen-bond donors (Lipinski definition) is 0. The lowest BCUT2D eigenvalue weighted by Gasteiger charge is -2.34. The van der Waals surface area contributed by atoms with Crippen molar-refractivity contribution in [1.29, 1.82) is 0 Å². The van der Waals surface area contributed by atoms with Gasteiger partial charge in [-0.2, -0.15) is 4.57 Å². The van der Waals surface area contributed by atoms with Gasteiger partial charge in [-0.3, -0.25) is 0 Å². The van der Waals surface area contributed by atoms with Crippen molar-refractivity contribution < 1.29 is 9.30 Å². The molecule has 0 spiro atoms. The van der Waals surface area contributed by atoms with Crippen molar-refractivity contribution in [3.63, 3.8) is 0 Å². The van der Waals surface area contributed by atoms with E-state index in [9.17, 15) is 0 Å². The number of aromatic nitrogens is 2. The van der Waals surface area contributed by atoms with Crippen LogP contribution in [-0.4, -0.2) is 4.57 Å². The van der Waals surface area contributed by atoms with Crippen LogP contribution in [0.15, 0.2) is 48.5 Å². The number of benzene rings is 2. The number of hydrogen-bond acceptors (Lipinski definition) is 1. The minimum atomic E-state index is -0.376. The van der Waals surface area contributed by atoms with E-state index in [0.717, 1.165) is 17.7 Å². The highest BCUT2D eigenvalue weighted by atomic mass is 16.5. The molecule has 0 bridgehead atoms. The van der Waals surface area contributed by atoms with E-state index in [1.807, 2.05) is 6.07 Å². The van der Waals surface area contributed by atoms with Gasteiger partial charge < -0.3 is 4.74 Å². The summed E-state index contributed by atoms with van der Waals surface area (Å²) >= 11 is 0. The second-order valence-corrected chi connectivity index (χ2v) is 7.08. The number of imidazole rings is 1. The van der Waals surface area contributed by atoms with Crippen molar-refractivity contribution in [1.82, 2.24) is 4.57 Å². The summed E-state index contributed by atoms with van der Waals surface area (Å²) in [5.41, 5.74) is 3.24. The summed E-state index contributed by atoms with van der Waals surface area (Å²) in [6.45, 7) is 6.71. The Hall–Kier alpha value is -2.29. The molecule has 1 unspecified atom stereocenters. The third kappa shape index (κ3) is 1.99. The van der Waals surface area contributed by atoms with Crippen LogP contribution < -0.4 is 9.30 Å². The predicted octanol–water partition coefficient (Wildman–Crippen LogP) is 4.24.